The minimum Gasteiger partial charge on any atom is -0.452 e. The van der Waals surface area contributed by atoms with Gasteiger partial charge in [-0.3, -0.25) is 4.79 Å². The Balaban J connectivity index is 1.91. The molecule has 2 rings (SSSR count). The fourth-order valence-corrected chi connectivity index (χ4v) is 2.32. The van der Waals surface area contributed by atoms with Gasteiger partial charge in [-0.05, 0) is 58.4 Å². The standard InChI is InChI=1S/C16H10BrF4NO3/c17-13-7-10(18)3-6-12(13)15(24)25-8-14(23)22-11-4-1-9(2-5-11)16(19,20)21/h1-7H,8H2,(H,22,23). The molecule has 0 saturated carbocycles. The normalized spacial score (nSPS) is 11.1. The summed E-state index contributed by atoms with van der Waals surface area (Å²) in [4.78, 5) is 23.5. The van der Waals surface area contributed by atoms with Gasteiger partial charge in [0.2, 0.25) is 0 Å². The van der Waals surface area contributed by atoms with Gasteiger partial charge in [0.05, 0.1) is 11.1 Å². The van der Waals surface area contributed by atoms with Crippen LogP contribution in [0.3, 0.4) is 0 Å². The maximum Gasteiger partial charge on any atom is 0.416 e. The Morgan fingerprint density at radius 3 is 2.28 bits per heavy atom. The van der Waals surface area contributed by atoms with Gasteiger partial charge in [0.15, 0.2) is 6.61 Å². The van der Waals surface area contributed by atoms with Crippen molar-refractivity contribution in [3.8, 4) is 0 Å². The van der Waals surface area contributed by atoms with E-state index in [1.54, 1.807) is 0 Å². The van der Waals surface area contributed by atoms with E-state index in [9.17, 15) is 27.2 Å². The molecule has 0 aliphatic rings. The molecule has 2 aromatic rings. The molecule has 0 unspecified atom stereocenters. The van der Waals surface area contributed by atoms with Crippen LogP contribution in [0.1, 0.15) is 15.9 Å². The topological polar surface area (TPSA) is 55.4 Å². The molecule has 0 aliphatic heterocycles. The Kier molecular flexibility index (Phi) is 5.78. The van der Waals surface area contributed by atoms with Crippen LogP contribution in [0.15, 0.2) is 46.9 Å². The van der Waals surface area contributed by atoms with Crippen molar-refractivity contribution in [1.29, 1.82) is 0 Å². The summed E-state index contributed by atoms with van der Waals surface area (Å²) in [6.07, 6.45) is -4.47. The number of hydrogen-bond donors (Lipinski definition) is 1. The predicted octanol–water partition coefficient (Wildman–Crippen LogP) is 4.40. The summed E-state index contributed by atoms with van der Waals surface area (Å²) < 4.78 is 55.2. The number of alkyl halides is 3. The van der Waals surface area contributed by atoms with E-state index >= 15 is 0 Å². The summed E-state index contributed by atoms with van der Waals surface area (Å²) in [6, 6.07) is 7.12. The molecule has 1 amide bonds. The van der Waals surface area contributed by atoms with Crippen LogP contribution in [0.5, 0.6) is 0 Å². The maximum atomic E-state index is 13.0. The number of anilines is 1. The first-order valence-electron chi connectivity index (χ1n) is 6.76. The summed E-state index contributed by atoms with van der Waals surface area (Å²) >= 11 is 3.00. The lowest BCUT2D eigenvalue weighted by Crippen LogP contribution is -2.21. The molecule has 0 aromatic heterocycles. The third kappa shape index (κ3) is 5.28. The third-order valence-electron chi connectivity index (χ3n) is 2.98. The minimum atomic E-state index is -4.47. The van der Waals surface area contributed by atoms with E-state index in [4.69, 9.17) is 4.74 Å². The van der Waals surface area contributed by atoms with Crippen LogP contribution in [0.25, 0.3) is 0 Å². The third-order valence-corrected chi connectivity index (χ3v) is 3.64. The van der Waals surface area contributed by atoms with Gasteiger partial charge in [-0.2, -0.15) is 13.2 Å². The highest BCUT2D eigenvalue weighted by molar-refractivity contribution is 9.10. The van der Waals surface area contributed by atoms with Crippen molar-refractivity contribution in [1.82, 2.24) is 0 Å². The number of halogens is 5. The first-order chi connectivity index (χ1) is 11.7. The Morgan fingerprint density at radius 1 is 1.08 bits per heavy atom. The summed E-state index contributed by atoms with van der Waals surface area (Å²) in [5.74, 6) is -2.13. The quantitative estimate of drug-likeness (QED) is 0.590. The van der Waals surface area contributed by atoms with Crippen molar-refractivity contribution in [3.05, 3.63) is 63.9 Å². The fourth-order valence-electron chi connectivity index (χ4n) is 1.80. The largest absolute Gasteiger partial charge is 0.452 e. The molecule has 0 heterocycles. The number of hydrogen-bond acceptors (Lipinski definition) is 3. The Bertz CT molecular complexity index is 791. The van der Waals surface area contributed by atoms with Gasteiger partial charge in [0, 0.05) is 10.2 Å². The molecule has 9 heteroatoms. The van der Waals surface area contributed by atoms with Gasteiger partial charge >= 0.3 is 12.1 Å². The molecular formula is C16H10BrF4NO3. The van der Waals surface area contributed by atoms with E-state index in [1.807, 2.05) is 0 Å². The molecule has 0 spiro atoms. The smallest absolute Gasteiger partial charge is 0.416 e. The number of rotatable bonds is 4. The van der Waals surface area contributed by atoms with Crippen molar-refractivity contribution < 1.29 is 31.9 Å². The number of ether oxygens (including phenoxy) is 1. The lowest BCUT2D eigenvalue weighted by atomic mass is 10.2. The van der Waals surface area contributed by atoms with Crippen molar-refractivity contribution in [3.63, 3.8) is 0 Å². The first-order valence-corrected chi connectivity index (χ1v) is 7.55. The molecule has 0 atom stereocenters. The zero-order valence-electron chi connectivity index (χ0n) is 12.4. The Morgan fingerprint density at radius 2 is 1.72 bits per heavy atom. The highest BCUT2D eigenvalue weighted by Gasteiger charge is 2.30. The van der Waals surface area contributed by atoms with Crippen LogP contribution in [0.4, 0.5) is 23.2 Å². The second-order valence-corrected chi connectivity index (χ2v) is 5.68. The second kappa shape index (κ2) is 7.64. The minimum absolute atomic E-state index is 0.0312. The average Bonchev–Trinajstić information content (AvgIpc) is 2.52. The summed E-state index contributed by atoms with van der Waals surface area (Å²) in [5.41, 5.74) is -0.696. The van der Waals surface area contributed by atoms with E-state index < -0.39 is 36.0 Å². The van der Waals surface area contributed by atoms with Crippen LogP contribution in [0.2, 0.25) is 0 Å². The fraction of sp³-hybridized carbons (Fsp3) is 0.125. The van der Waals surface area contributed by atoms with Gasteiger partial charge in [-0.1, -0.05) is 0 Å². The van der Waals surface area contributed by atoms with Crippen molar-refractivity contribution in [2.75, 3.05) is 11.9 Å². The number of benzene rings is 2. The van der Waals surface area contributed by atoms with Gasteiger partial charge in [-0.15, -0.1) is 0 Å². The lowest BCUT2D eigenvalue weighted by molar-refractivity contribution is -0.137. The molecule has 132 valence electrons. The monoisotopic (exact) mass is 419 g/mol. The van der Waals surface area contributed by atoms with Crippen molar-refractivity contribution in [2.45, 2.75) is 6.18 Å². The van der Waals surface area contributed by atoms with Crippen LogP contribution in [0, 0.1) is 5.82 Å². The van der Waals surface area contributed by atoms with Crippen LogP contribution < -0.4 is 5.32 Å². The van der Waals surface area contributed by atoms with Crippen LogP contribution >= 0.6 is 15.9 Å². The van der Waals surface area contributed by atoms with E-state index in [-0.39, 0.29) is 15.7 Å². The SMILES string of the molecule is O=C(COC(=O)c1ccc(F)cc1Br)Nc1ccc(C(F)(F)F)cc1. The van der Waals surface area contributed by atoms with Crippen LogP contribution in [-0.4, -0.2) is 18.5 Å². The molecule has 0 radical (unpaired) electrons. The highest BCUT2D eigenvalue weighted by atomic mass is 79.9. The molecule has 25 heavy (non-hydrogen) atoms. The number of carbonyl (C=O) groups excluding carboxylic acids is 2. The zero-order chi connectivity index (χ0) is 18.6. The highest BCUT2D eigenvalue weighted by Crippen LogP contribution is 2.29. The van der Waals surface area contributed by atoms with Gasteiger partial charge < -0.3 is 10.1 Å². The van der Waals surface area contributed by atoms with Crippen molar-refractivity contribution >= 4 is 33.5 Å². The molecule has 2 aromatic carbocycles. The Hall–Kier alpha value is -2.42. The van der Waals surface area contributed by atoms with Crippen molar-refractivity contribution in [2.24, 2.45) is 0 Å². The van der Waals surface area contributed by atoms with E-state index in [2.05, 4.69) is 21.2 Å². The lowest BCUT2D eigenvalue weighted by Gasteiger charge is -2.09. The van der Waals surface area contributed by atoms with Gasteiger partial charge in [-0.25, -0.2) is 9.18 Å². The number of esters is 1. The predicted molar refractivity (Wildman–Crippen MR) is 84.5 cm³/mol. The molecule has 1 N–H and O–H groups in total. The second-order valence-electron chi connectivity index (χ2n) is 4.82. The van der Waals surface area contributed by atoms with E-state index in [0.29, 0.717) is 0 Å². The first kappa shape index (κ1) is 18.9. The Labute approximate surface area is 147 Å². The van der Waals surface area contributed by atoms with Crippen LogP contribution in [-0.2, 0) is 15.7 Å². The number of carbonyl (C=O) groups is 2. The zero-order valence-corrected chi connectivity index (χ0v) is 13.9. The number of amides is 1. The maximum absolute atomic E-state index is 13.0. The molecule has 4 nitrogen and oxygen atoms in total. The molecule has 0 fully saturated rings. The van der Waals surface area contributed by atoms with E-state index in [1.165, 1.54) is 6.07 Å². The summed E-state index contributed by atoms with van der Waals surface area (Å²) in [6.45, 7) is -0.649. The molecular weight excluding hydrogens is 410 g/mol. The molecule has 0 bridgehead atoms. The summed E-state index contributed by atoms with van der Waals surface area (Å²) in [7, 11) is 0. The van der Waals surface area contributed by atoms with E-state index in [0.717, 1.165) is 36.4 Å². The average molecular weight is 420 g/mol. The summed E-state index contributed by atoms with van der Waals surface area (Å²) in [5, 5.41) is 2.30. The molecule has 0 saturated heterocycles. The molecule has 0 aliphatic carbocycles. The number of nitrogens with one attached hydrogen (secondary N) is 1. The van der Waals surface area contributed by atoms with Gasteiger partial charge in [0.25, 0.3) is 5.91 Å². The van der Waals surface area contributed by atoms with Gasteiger partial charge in [0.1, 0.15) is 5.82 Å².